The Labute approximate surface area is 74.8 Å². The van der Waals surface area contributed by atoms with Gasteiger partial charge in [0.05, 0.1) is 5.71 Å². The van der Waals surface area contributed by atoms with Crippen LogP contribution in [0, 0.1) is 0 Å². The van der Waals surface area contributed by atoms with E-state index in [0.717, 1.165) is 5.71 Å². The van der Waals surface area contributed by atoms with Crippen LogP contribution in [0.15, 0.2) is 17.3 Å². The summed E-state index contributed by atoms with van der Waals surface area (Å²) in [5.41, 5.74) is 0.817. The van der Waals surface area contributed by atoms with Gasteiger partial charge in [-0.05, 0) is 19.9 Å². The van der Waals surface area contributed by atoms with Crippen LogP contribution < -0.4 is 0 Å². The van der Waals surface area contributed by atoms with Gasteiger partial charge in [0.25, 0.3) is 0 Å². The molecule has 0 radical (unpaired) electrons. The number of carbonyl (C=O) groups excluding carboxylic acids is 1. The van der Waals surface area contributed by atoms with Gasteiger partial charge < -0.3 is 0 Å². The molecule has 0 atom stereocenters. The number of amides is 1. The zero-order chi connectivity index (χ0) is 9.98. The van der Waals surface area contributed by atoms with Crippen molar-refractivity contribution in [2.75, 3.05) is 7.05 Å². The van der Waals surface area contributed by atoms with E-state index in [-0.39, 0.29) is 0 Å². The molecule has 0 aromatic carbocycles. The van der Waals surface area contributed by atoms with Crippen molar-refractivity contribution in [1.29, 1.82) is 0 Å². The third-order valence-electron chi connectivity index (χ3n) is 0.876. The van der Waals surface area contributed by atoms with Crippen LogP contribution in [0.4, 0.5) is 0 Å². The van der Waals surface area contributed by atoms with E-state index in [2.05, 4.69) is 5.10 Å². The van der Waals surface area contributed by atoms with Crippen LogP contribution in [0.2, 0.25) is 0 Å². The highest BCUT2D eigenvalue weighted by Crippen LogP contribution is 1.83. The van der Waals surface area contributed by atoms with E-state index in [1.54, 1.807) is 7.05 Å². The van der Waals surface area contributed by atoms with E-state index in [0.29, 0.717) is 6.41 Å². The number of hydrogen-bond donors (Lipinski definition) is 0. The lowest BCUT2D eigenvalue weighted by atomic mass is 10.4. The zero-order valence-electron chi connectivity index (χ0n) is 8.53. The lowest BCUT2D eigenvalue weighted by molar-refractivity contribution is -0.117. The van der Waals surface area contributed by atoms with Crippen molar-refractivity contribution in [3.05, 3.63) is 12.2 Å². The molecule has 1 amide bonds. The monoisotopic (exact) mass is 170 g/mol. The third-order valence-corrected chi connectivity index (χ3v) is 0.876. The van der Waals surface area contributed by atoms with Crippen LogP contribution in [-0.4, -0.2) is 24.2 Å². The maximum Gasteiger partial charge on any atom is 0.229 e. The topological polar surface area (TPSA) is 32.7 Å². The van der Waals surface area contributed by atoms with E-state index in [9.17, 15) is 4.79 Å². The summed E-state index contributed by atoms with van der Waals surface area (Å²) in [6, 6.07) is 0. The van der Waals surface area contributed by atoms with Crippen molar-refractivity contribution >= 4 is 12.1 Å². The predicted molar refractivity (Wildman–Crippen MR) is 53.1 cm³/mol. The molecule has 3 nitrogen and oxygen atoms in total. The number of hydrazone groups is 1. The molecule has 0 unspecified atom stereocenters. The molecule has 0 spiro atoms. The molecule has 0 rings (SSSR count). The van der Waals surface area contributed by atoms with Gasteiger partial charge in [-0.3, -0.25) is 4.79 Å². The van der Waals surface area contributed by atoms with Crippen LogP contribution in [-0.2, 0) is 4.79 Å². The Kier molecular flexibility index (Phi) is 11.1. The second-order valence-corrected chi connectivity index (χ2v) is 1.92. The lowest BCUT2D eigenvalue weighted by Gasteiger charge is -2.01. The summed E-state index contributed by atoms with van der Waals surface area (Å²) in [5.74, 6) is 0. The SMILES string of the molecule is C/C=C\C(C)=N/N(C)C=O.CC. The number of allylic oxidation sites excluding steroid dienone is 2. The summed E-state index contributed by atoms with van der Waals surface area (Å²) in [7, 11) is 1.60. The fourth-order valence-electron chi connectivity index (χ4n) is 0.547. The molecular weight excluding hydrogens is 152 g/mol. The van der Waals surface area contributed by atoms with E-state index in [4.69, 9.17) is 0 Å². The molecule has 0 aliphatic heterocycles. The number of rotatable bonds is 3. The highest BCUT2D eigenvalue weighted by molar-refractivity contribution is 5.92. The number of hydrogen-bond acceptors (Lipinski definition) is 2. The quantitative estimate of drug-likeness (QED) is 0.362. The molecule has 70 valence electrons. The van der Waals surface area contributed by atoms with Crippen LogP contribution >= 0.6 is 0 Å². The Bertz CT molecular complexity index is 162. The minimum atomic E-state index is 0.660. The van der Waals surface area contributed by atoms with Crippen LogP contribution in [0.5, 0.6) is 0 Å². The molecule has 0 saturated carbocycles. The summed E-state index contributed by atoms with van der Waals surface area (Å²) < 4.78 is 0. The van der Waals surface area contributed by atoms with Crippen LogP contribution in [0.1, 0.15) is 27.7 Å². The molecule has 3 heteroatoms. The minimum Gasteiger partial charge on any atom is -0.277 e. The average molecular weight is 170 g/mol. The Morgan fingerprint density at radius 2 is 1.92 bits per heavy atom. The van der Waals surface area contributed by atoms with E-state index in [1.165, 1.54) is 5.01 Å². The highest BCUT2D eigenvalue weighted by Gasteiger charge is 1.86. The third kappa shape index (κ3) is 8.88. The highest BCUT2D eigenvalue weighted by atomic mass is 16.1. The summed E-state index contributed by atoms with van der Waals surface area (Å²) in [6.45, 7) is 7.74. The smallest absolute Gasteiger partial charge is 0.229 e. The fraction of sp³-hybridized carbons (Fsp3) is 0.556. The molecule has 0 N–H and O–H groups in total. The standard InChI is InChI=1S/C7H12N2O.C2H6/c1-4-5-7(2)8-9(3)6-10;1-2/h4-6H,1-3H3;1-2H3/b5-4-,8-7-;. The van der Waals surface area contributed by atoms with Gasteiger partial charge in [0.1, 0.15) is 0 Å². The van der Waals surface area contributed by atoms with Gasteiger partial charge in [0, 0.05) is 7.05 Å². The van der Waals surface area contributed by atoms with E-state index < -0.39 is 0 Å². The summed E-state index contributed by atoms with van der Waals surface area (Å²) >= 11 is 0. The Morgan fingerprint density at radius 1 is 1.42 bits per heavy atom. The molecule has 0 saturated heterocycles. The summed E-state index contributed by atoms with van der Waals surface area (Å²) in [6.07, 6.45) is 4.37. The first-order chi connectivity index (χ1) is 5.70. The van der Waals surface area contributed by atoms with Gasteiger partial charge in [-0.25, -0.2) is 5.01 Å². The van der Waals surface area contributed by atoms with Gasteiger partial charge in [-0.15, -0.1) is 0 Å². The molecule has 0 aromatic rings. The maximum atomic E-state index is 10.0. The largest absolute Gasteiger partial charge is 0.277 e. The Hall–Kier alpha value is -1.12. The molecular formula is C9H18N2O. The maximum absolute atomic E-state index is 10.0. The number of carbonyl (C=O) groups is 1. The molecule has 0 aromatic heterocycles. The second kappa shape index (κ2) is 9.88. The molecule has 0 heterocycles. The minimum absolute atomic E-state index is 0.660. The Morgan fingerprint density at radius 3 is 2.25 bits per heavy atom. The summed E-state index contributed by atoms with van der Waals surface area (Å²) in [5, 5.41) is 5.11. The van der Waals surface area contributed by atoms with Gasteiger partial charge in [0.15, 0.2) is 0 Å². The van der Waals surface area contributed by atoms with Gasteiger partial charge >= 0.3 is 0 Å². The fourth-order valence-corrected chi connectivity index (χ4v) is 0.547. The van der Waals surface area contributed by atoms with Gasteiger partial charge in [-0.1, -0.05) is 19.9 Å². The summed E-state index contributed by atoms with van der Waals surface area (Å²) in [4.78, 5) is 10.0. The normalized spacial score (nSPS) is 10.6. The van der Waals surface area contributed by atoms with Crippen LogP contribution in [0.3, 0.4) is 0 Å². The first-order valence-electron chi connectivity index (χ1n) is 4.06. The first-order valence-corrected chi connectivity index (χ1v) is 4.06. The lowest BCUT2D eigenvalue weighted by Crippen LogP contribution is -2.09. The predicted octanol–water partition coefficient (Wildman–Crippen LogP) is 2.05. The number of nitrogens with zero attached hydrogens (tertiary/aromatic N) is 2. The molecule has 0 aliphatic rings. The first kappa shape index (κ1) is 13.5. The molecule has 12 heavy (non-hydrogen) atoms. The van der Waals surface area contributed by atoms with Crippen molar-refractivity contribution in [2.45, 2.75) is 27.7 Å². The molecule has 0 aliphatic carbocycles. The van der Waals surface area contributed by atoms with Gasteiger partial charge in [-0.2, -0.15) is 5.10 Å². The van der Waals surface area contributed by atoms with Crippen molar-refractivity contribution in [2.24, 2.45) is 5.10 Å². The average Bonchev–Trinajstić information content (AvgIpc) is 2.08. The van der Waals surface area contributed by atoms with E-state index >= 15 is 0 Å². The van der Waals surface area contributed by atoms with Crippen molar-refractivity contribution in [3.8, 4) is 0 Å². The molecule has 0 fully saturated rings. The van der Waals surface area contributed by atoms with Gasteiger partial charge in [0.2, 0.25) is 6.41 Å². The van der Waals surface area contributed by atoms with Crippen molar-refractivity contribution < 1.29 is 4.79 Å². The van der Waals surface area contributed by atoms with Crippen molar-refractivity contribution in [1.82, 2.24) is 5.01 Å². The second-order valence-electron chi connectivity index (χ2n) is 1.92. The molecule has 0 bridgehead atoms. The Balaban J connectivity index is 0. The zero-order valence-corrected chi connectivity index (χ0v) is 8.53. The van der Waals surface area contributed by atoms with E-state index in [1.807, 2.05) is 39.8 Å². The van der Waals surface area contributed by atoms with Crippen LogP contribution in [0.25, 0.3) is 0 Å². The van der Waals surface area contributed by atoms with Crippen molar-refractivity contribution in [3.63, 3.8) is 0 Å².